The molecule has 96 valence electrons. The molecule has 1 aliphatic rings. The summed E-state index contributed by atoms with van der Waals surface area (Å²) < 4.78 is 37.8. The van der Waals surface area contributed by atoms with Crippen molar-refractivity contribution in [2.45, 2.75) is 25.6 Å². The zero-order valence-corrected chi connectivity index (χ0v) is 9.89. The standard InChI is InChI=1S/C9H13F3N4S/c10-9(11,12)6-2-1-3-16(4-6)5-7-14-15-8(13)17-7/h6H,1-5H2,(H2,13,15). The molecule has 0 radical (unpaired) electrons. The van der Waals surface area contributed by atoms with Gasteiger partial charge in [0.25, 0.3) is 0 Å². The summed E-state index contributed by atoms with van der Waals surface area (Å²) in [6, 6.07) is 0. The van der Waals surface area contributed by atoms with Gasteiger partial charge in [0.15, 0.2) is 0 Å². The van der Waals surface area contributed by atoms with Crippen LogP contribution in [0.15, 0.2) is 0 Å². The molecular weight excluding hydrogens is 253 g/mol. The van der Waals surface area contributed by atoms with Crippen molar-refractivity contribution in [3.8, 4) is 0 Å². The van der Waals surface area contributed by atoms with E-state index < -0.39 is 12.1 Å². The molecule has 8 heteroatoms. The summed E-state index contributed by atoms with van der Waals surface area (Å²) in [6.45, 7) is 1.12. The van der Waals surface area contributed by atoms with Gasteiger partial charge in [0.1, 0.15) is 5.01 Å². The van der Waals surface area contributed by atoms with Crippen molar-refractivity contribution >= 4 is 16.5 Å². The van der Waals surface area contributed by atoms with Gasteiger partial charge in [-0.05, 0) is 19.4 Å². The first-order valence-electron chi connectivity index (χ1n) is 5.32. The highest BCUT2D eigenvalue weighted by Crippen LogP contribution is 2.33. The van der Waals surface area contributed by atoms with E-state index >= 15 is 0 Å². The highest BCUT2D eigenvalue weighted by Gasteiger charge is 2.41. The van der Waals surface area contributed by atoms with Crippen LogP contribution in [-0.2, 0) is 6.54 Å². The molecule has 2 N–H and O–H groups in total. The minimum atomic E-state index is -4.10. The minimum absolute atomic E-state index is 0.0446. The van der Waals surface area contributed by atoms with Crippen molar-refractivity contribution in [3.63, 3.8) is 0 Å². The number of piperidine rings is 1. The molecule has 0 aromatic carbocycles. The normalized spacial score (nSPS) is 22.9. The van der Waals surface area contributed by atoms with Crippen molar-refractivity contribution in [3.05, 3.63) is 5.01 Å². The summed E-state index contributed by atoms with van der Waals surface area (Å²) in [5.74, 6) is -1.22. The van der Waals surface area contributed by atoms with E-state index in [1.165, 1.54) is 11.3 Å². The van der Waals surface area contributed by atoms with E-state index in [-0.39, 0.29) is 13.0 Å². The molecule has 4 nitrogen and oxygen atoms in total. The van der Waals surface area contributed by atoms with Crippen LogP contribution in [-0.4, -0.2) is 34.4 Å². The SMILES string of the molecule is Nc1nnc(CN2CCCC(C(F)(F)F)C2)s1. The Balaban J connectivity index is 1.94. The van der Waals surface area contributed by atoms with Gasteiger partial charge in [-0.3, -0.25) is 4.90 Å². The molecular formula is C9H13F3N4S. The zero-order chi connectivity index (χ0) is 12.5. The average Bonchev–Trinajstić information content (AvgIpc) is 2.63. The Morgan fingerprint density at radius 3 is 2.76 bits per heavy atom. The number of hydrogen-bond acceptors (Lipinski definition) is 5. The number of halogens is 3. The Morgan fingerprint density at radius 1 is 1.41 bits per heavy atom. The van der Waals surface area contributed by atoms with Crippen molar-refractivity contribution in [2.75, 3.05) is 18.8 Å². The largest absolute Gasteiger partial charge is 0.393 e. The van der Waals surface area contributed by atoms with E-state index in [1.54, 1.807) is 4.90 Å². The summed E-state index contributed by atoms with van der Waals surface area (Å²) in [5, 5.41) is 8.49. The number of anilines is 1. The first-order chi connectivity index (χ1) is 7.95. The summed E-state index contributed by atoms with van der Waals surface area (Å²) in [6.07, 6.45) is -3.31. The molecule has 0 bridgehead atoms. The van der Waals surface area contributed by atoms with Gasteiger partial charge in [0.05, 0.1) is 12.5 Å². The lowest BCUT2D eigenvalue weighted by Crippen LogP contribution is -2.41. The number of nitrogen functional groups attached to an aromatic ring is 1. The second-order valence-electron chi connectivity index (χ2n) is 4.15. The van der Waals surface area contributed by atoms with Gasteiger partial charge in [0, 0.05) is 6.54 Å². The van der Waals surface area contributed by atoms with Gasteiger partial charge in [-0.1, -0.05) is 11.3 Å². The molecule has 2 rings (SSSR count). The fourth-order valence-corrected chi connectivity index (χ4v) is 2.64. The lowest BCUT2D eigenvalue weighted by atomic mass is 9.98. The topological polar surface area (TPSA) is 55.0 Å². The first kappa shape index (κ1) is 12.6. The van der Waals surface area contributed by atoms with Crippen molar-refractivity contribution in [1.29, 1.82) is 0 Å². The Bertz CT molecular complexity index is 379. The van der Waals surface area contributed by atoms with E-state index in [9.17, 15) is 13.2 Å². The summed E-state index contributed by atoms with van der Waals surface area (Å²) in [7, 11) is 0. The molecule has 1 unspecified atom stereocenters. The Morgan fingerprint density at radius 2 is 2.18 bits per heavy atom. The molecule has 1 saturated heterocycles. The fourth-order valence-electron chi connectivity index (χ4n) is 1.99. The lowest BCUT2D eigenvalue weighted by molar-refractivity contribution is -0.187. The van der Waals surface area contributed by atoms with Crippen LogP contribution in [0.5, 0.6) is 0 Å². The van der Waals surface area contributed by atoms with Crippen LogP contribution in [0.1, 0.15) is 17.8 Å². The maximum absolute atomic E-state index is 12.6. The third-order valence-electron chi connectivity index (χ3n) is 2.81. The monoisotopic (exact) mass is 266 g/mol. The summed E-state index contributed by atoms with van der Waals surface area (Å²) in [4.78, 5) is 1.77. The van der Waals surface area contributed by atoms with Crippen LogP contribution in [0.3, 0.4) is 0 Å². The van der Waals surface area contributed by atoms with Crippen LogP contribution in [0, 0.1) is 5.92 Å². The predicted molar refractivity (Wildman–Crippen MR) is 58.4 cm³/mol. The molecule has 0 saturated carbocycles. The molecule has 17 heavy (non-hydrogen) atoms. The maximum Gasteiger partial charge on any atom is 0.393 e. The number of aromatic nitrogens is 2. The molecule has 2 heterocycles. The third kappa shape index (κ3) is 3.29. The van der Waals surface area contributed by atoms with Crippen molar-refractivity contribution < 1.29 is 13.2 Å². The zero-order valence-electron chi connectivity index (χ0n) is 9.07. The van der Waals surface area contributed by atoms with Gasteiger partial charge in [-0.15, -0.1) is 10.2 Å². The number of alkyl halides is 3. The molecule has 1 atom stereocenters. The Kier molecular flexibility index (Phi) is 3.53. The molecule has 1 aromatic heterocycles. The number of nitrogens with zero attached hydrogens (tertiary/aromatic N) is 3. The lowest BCUT2D eigenvalue weighted by Gasteiger charge is -2.32. The number of nitrogens with two attached hydrogens (primary N) is 1. The van der Waals surface area contributed by atoms with Crippen LogP contribution < -0.4 is 5.73 Å². The van der Waals surface area contributed by atoms with E-state index in [1.807, 2.05) is 0 Å². The van der Waals surface area contributed by atoms with Crippen molar-refractivity contribution in [1.82, 2.24) is 15.1 Å². The number of rotatable bonds is 2. The summed E-state index contributed by atoms with van der Waals surface area (Å²) in [5.41, 5.74) is 5.43. The molecule has 0 spiro atoms. The Hall–Kier alpha value is -0.890. The molecule has 0 aliphatic carbocycles. The highest BCUT2D eigenvalue weighted by molar-refractivity contribution is 7.15. The molecule has 1 aliphatic heterocycles. The Labute approximate surface area is 101 Å². The quantitative estimate of drug-likeness (QED) is 0.888. The van der Waals surface area contributed by atoms with Gasteiger partial charge in [-0.2, -0.15) is 13.2 Å². The third-order valence-corrected chi connectivity index (χ3v) is 3.55. The average molecular weight is 266 g/mol. The predicted octanol–water partition coefficient (Wildman–Crippen LogP) is 1.89. The van der Waals surface area contributed by atoms with Crippen LogP contribution >= 0.6 is 11.3 Å². The van der Waals surface area contributed by atoms with Crippen LogP contribution in [0.25, 0.3) is 0 Å². The summed E-state index contributed by atoms with van der Waals surface area (Å²) >= 11 is 1.22. The molecule has 1 aromatic rings. The molecule has 1 fully saturated rings. The second kappa shape index (κ2) is 4.77. The van der Waals surface area contributed by atoms with E-state index in [0.29, 0.717) is 29.6 Å². The van der Waals surface area contributed by atoms with Gasteiger partial charge in [0.2, 0.25) is 5.13 Å². The second-order valence-corrected chi connectivity index (χ2v) is 5.24. The first-order valence-corrected chi connectivity index (χ1v) is 6.13. The van der Waals surface area contributed by atoms with E-state index in [4.69, 9.17) is 5.73 Å². The van der Waals surface area contributed by atoms with Crippen molar-refractivity contribution in [2.24, 2.45) is 5.92 Å². The minimum Gasteiger partial charge on any atom is -0.374 e. The van der Waals surface area contributed by atoms with E-state index in [2.05, 4.69) is 10.2 Å². The van der Waals surface area contributed by atoms with Crippen LogP contribution in [0.4, 0.5) is 18.3 Å². The fraction of sp³-hybridized carbons (Fsp3) is 0.778. The maximum atomic E-state index is 12.6. The van der Waals surface area contributed by atoms with Gasteiger partial charge < -0.3 is 5.73 Å². The van der Waals surface area contributed by atoms with Gasteiger partial charge in [-0.25, -0.2) is 0 Å². The molecule has 0 amide bonds. The van der Waals surface area contributed by atoms with E-state index in [0.717, 1.165) is 0 Å². The smallest absolute Gasteiger partial charge is 0.374 e. The number of likely N-dealkylation sites (tertiary alicyclic amines) is 1. The van der Waals surface area contributed by atoms with Gasteiger partial charge >= 0.3 is 6.18 Å². The number of hydrogen-bond donors (Lipinski definition) is 1. The highest BCUT2D eigenvalue weighted by atomic mass is 32.1. The van der Waals surface area contributed by atoms with Crippen LogP contribution in [0.2, 0.25) is 0 Å².